The van der Waals surface area contributed by atoms with Crippen molar-refractivity contribution in [2.24, 2.45) is 0 Å². The van der Waals surface area contributed by atoms with E-state index in [0.29, 0.717) is 12.1 Å². The fraction of sp³-hybridized carbons (Fsp3) is 0.316. The summed E-state index contributed by atoms with van der Waals surface area (Å²) in [4.78, 5) is 39.4. The van der Waals surface area contributed by atoms with E-state index in [9.17, 15) is 37.8 Å². The van der Waals surface area contributed by atoms with Gasteiger partial charge in [-0.3, -0.25) is 19.4 Å². The molecular formula is C19H17F3N4O5. The molecule has 0 aliphatic carbocycles. The molecule has 12 heteroatoms. The predicted octanol–water partition coefficient (Wildman–Crippen LogP) is 0.319. The van der Waals surface area contributed by atoms with Crippen molar-refractivity contribution in [2.45, 2.75) is 19.6 Å². The highest BCUT2D eigenvalue weighted by Gasteiger charge is 2.43. The van der Waals surface area contributed by atoms with E-state index in [4.69, 9.17) is 0 Å². The van der Waals surface area contributed by atoms with Gasteiger partial charge in [-0.25, -0.2) is 17.8 Å². The summed E-state index contributed by atoms with van der Waals surface area (Å²) in [7, 11) is 0. The molecule has 31 heavy (non-hydrogen) atoms. The first-order chi connectivity index (χ1) is 14.6. The lowest BCUT2D eigenvalue weighted by atomic mass is 10.1. The van der Waals surface area contributed by atoms with Crippen molar-refractivity contribution in [1.82, 2.24) is 14.9 Å². The van der Waals surface area contributed by atoms with E-state index in [1.807, 2.05) is 0 Å². The van der Waals surface area contributed by atoms with Gasteiger partial charge in [0.25, 0.3) is 11.8 Å². The van der Waals surface area contributed by atoms with Crippen LogP contribution in [0.25, 0.3) is 0 Å². The van der Waals surface area contributed by atoms with Gasteiger partial charge in [-0.15, -0.1) is 0 Å². The van der Waals surface area contributed by atoms with E-state index in [2.05, 4.69) is 5.32 Å². The van der Waals surface area contributed by atoms with E-state index in [0.717, 1.165) is 4.68 Å². The largest absolute Gasteiger partial charge is 0.502 e. The normalized spacial score (nSPS) is 17.2. The molecule has 4 rings (SSSR count). The number of halogens is 3. The highest BCUT2D eigenvalue weighted by Crippen LogP contribution is 2.33. The summed E-state index contributed by atoms with van der Waals surface area (Å²) in [6.07, 6.45) is -1.34. The summed E-state index contributed by atoms with van der Waals surface area (Å²) < 4.78 is 41.9. The third-order valence-corrected chi connectivity index (χ3v) is 5.31. The van der Waals surface area contributed by atoms with Crippen LogP contribution in [0.4, 0.5) is 13.2 Å². The van der Waals surface area contributed by atoms with Crippen LogP contribution in [0.1, 0.15) is 45.1 Å². The number of benzene rings is 1. The van der Waals surface area contributed by atoms with Crippen LogP contribution in [0.3, 0.4) is 0 Å². The number of pyridine rings is 1. The average molecular weight is 438 g/mol. The fourth-order valence-corrected chi connectivity index (χ4v) is 3.82. The summed E-state index contributed by atoms with van der Waals surface area (Å²) in [6.45, 7) is 1.26. The molecule has 2 aliphatic rings. The van der Waals surface area contributed by atoms with Crippen molar-refractivity contribution in [1.29, 1.82) is 0 Å². The van der Waals surface area contributed by atoms with Gasteiger partial charge in [0.1, 0.15) is 35.8 Å². The van der Waals surface area contributed by atoms with Gasteiger partial charge in [-0.05, 0) is 6.92 Å². The molecule has 2 aromatic rings. The van der Waals surface area contributed by atoms with Crippen molar-refractivity contribution in [3.8, 4) is 5.75 Å². The number of nitrogens with zero attached hydrogens (tertiary/aromatic N) is 3. The van der Waals surface area contributed by atoms with E-state index in [1.165, 1.54) is 9.91 Å². The molecule has 0 radical (unpaired) electrons. The second kappa shape index (κ2) is 7.30. The molecule has 3 heterocycles. The van der Waals surface area contributed by atoms with Crippen molar-refractivity contribution >= 4 is 11.8 Å². The number of rotatable bonds is 4. The minimum atomic E-state index is -1.34. The van der Waals surface area contributed by atoms with Gasteiger partial charge in [-0.2, -0.15) is 0 Å². The number of aliphatic hydroxyl groups excluding tert-OH is 1. The Hall–Kier alpha value is -3.54. The predicted molar refractivity (Wildman–Crippen MR) is 99.5 cm³/mol. The molecule has 0 spiro atoms. The number of amides is 2. The number of aliphatic hydroxyl groups is 1. The van der Waals surface area contributed by atoms with Crippen molar-refractivity contribution in [3.63, 3.8) is 0 Å². The highest BCUT2D eigenvalue weighted by atomic mass is 19.1. The zero-order valence-electron chi connectivity index (χ0n) is 16.2. The molecule has 2 amide bonds. The van der Waals surface area contributed by atoms with Gasteiger partial charge < -0.3 is 20.4 Å². The smallest absolute Gasteiger partial charge is 0.277 e. The number of carbonyl (C=O) groups excluding carboxylic acids is 2. The summed E-state index contributed by atoms with van der Waals surface area (Å²) in [5.41, 5.74) is -3.08. The first kappa shape index (κ1) is 20.7. The average Bonchev–Trinajstić information content (AvgIpc) is 3.01. The molecule has 1 aromatic heterocycles. The summed E-state index contributed by atoms with van der Waals surface area (Å²) in [5.74, 6) is -6.35. The molecule has 1 unspecified atom stereocenters. The SMILES string of the molecule is CCN1CN2CC(O)c3c(C(=O)NCc4c(F)cc(F)cc4F)c(=O)c(O)c(n32)C1=O. The topological polar surface area (TPSA) is 115 Å². The Morgan fingerprint density at radius 1 is 1.23 bits per heavy atom. The van der Waals surface area contributed by atoms with Gasteiger partial charge in [0, 0.05) is 30.8 Å². The maximum atomic E-state index is 13.8. The maximum Gasteiger partial charge on any atom is 0.277 e. The lowest BCUT2D eigenvalue weighted by molar-refractivity contribution is 0.0700. The summed E-state index contributed by atoms with van der Waals surface area (Å²) in [6, 6.07) is 0.882. The third-order valence-electron chi connectivity index (χ3n) is 5.31. The van der Waals surface area contributed by atoms with Crippen LogP contribution < -0.4 is 15.8 Å². The number of carbonyl (C=O) groups is 2. The Morgan fingerprint density at radius 3 is 2.48 bits per heavy atom. The van der Waals surface area contributed by atoms with Crippen LogP contribution in [-0.4, -0.2) is 51.4 Å². The number of aromatic hydroxyl groups is 1. The third kappa shape index (κ3) is 3.10. The molecule has 0 saturated carbocycles. The van der Waals surface area contributed by atoms with Gasteiger partial charge in [0.05, 0.1) is 12.2 Å². The molecule has 2 aliphatic heterocycles. The van der Waals surface area contributed by atoms with Gasteiger partial charge in [-0.1, -0.05) is 0 Å². The first-order valence-electron chi connectivity index (χ1n) is 9.31. The zero-order chi connectivity index (χ0) is 22.6. The highest BCUT2D eigenvalue weighted by molar-refractivity contribution is 6.00. The van der Waals surface area contributed by atoms with Crippen LogP contribution in [0.5, 0.6) is 5.75 Å². The van der Waals surface area contributed by atoms with Crippen molar-refractivity contribution in [2.75, 3.05) is 24.8 Å². The first-order valence-corrected chi connectivity index (χ1v) is 9.31. The lowest BCUT2D eigenvalue weighted by Gasteiger charge is -2.36. The van der Waals surface area contributed by atoms with Crippen LogP contribution in [0.2, 0.25) is 0 Å². The Balaban J connectivity index is 1.76. The van der Waals surface area contributed by atoms with Crippen LogP contribution in [0, 0.1) is 17.5 Å². The number of hydrogen-bond donors (Lipinski definition) is 3. The van der Waals surface area contributed by atoms with E-state index in [-0.39, 0.29) is 31.1 Å². The number of aromatic nitrogens is 1. The molecule has 0 fully saturated rings. The molecule has 0 saturated heterocycles. The lowest BCUT2D eigenvalue weighted by Crippen LogP contribution is -2.52. The minimum absolute atomic E-state index is 0.0544. The Labute approximate surface area is 172 Å². The van der Waals surface area contributed by atoms with E-state index >= 15 is 0 Å². The standard InChI is InChI=1S/C19H17F3N4O5/c1-2-24-7-25-6-12(27)14-13(16(28)17(29)15(19(24)31)26(14)25)18(30)23-5-9-10(21)3-8(20)4-11(9)22/h3-4,12,27,29H,2,5-7H2,1H3,(H,23,30). The van der Waals surface area contributed by atoms with Crippen LogP contribution >= 0.6 is 0 Å². The molecule has 0 bridgehead atoms. The molecular weight excluding hydrogens is 421 g/mol. The summed E-state index contributed by atoms with van der Waals surface area (Å²) >= 11 is 0. The van der Waals surface area contributed by atoms with Gasteiger partial charge in [0.15, 0.2) is 11.4 Å². The quantitative estimate of drug-likeness (QED) is 0.634. The zero-order valence-corrected chi connectivity index (χ0v) is 16.2. The number of nitrogens with one attached hydrogen (secondary N) is 1. The second-order valence-corrected chi connectivity index (χ2v) is 7.14. The van der Waals surface area contributed by atoms with Crippen molar-refractivity contribution in [3.05, 3.63) is 62.3 Å². The second-order valence-electron chi connectivity index (χ2n) is 7.14. The Kier molecular flexibility index (Phi) is 4.88. The van der Waals surface area contributed by atoms with Crippen LogP contribution in [0.15, 0.2) is 16.9 Å². The molecule has 3 N–H and O–H groups in total. The molecule has 1 atom stereocenters. The number of hydrogen-bond acceptors (Lipinski definition) is 6. The van der Waals surface area contributed by atoms with E-state index in [1.54, 1.807) is 6.92 Å². The minimum Gasteiger partial charge on any atom is -0.502 e. The van der Waals surface area contributed by atoms with Gasteiger partial charge in [0.2, 0.25) is 5.43 Å². The monoisotopic (exact) mass is 438 g/mol. The molecule has 164 valence electrons. The molecule has 1 aromatic carbocycles. The van der Waals surface area contributed by atoms with E-state index < -0.39 is 64.2 Å². The Bertz CT molecular complexity index is 1160. The Morgan fingerprint density at radius 2 is 1.87 bits per heavy atom. The van der Waals surface area contributed by atoms with Gasteiger partial charge >= 0.3 is 0 Å². The van der Waals surface area contributed by atoms with Crippen molar-refractivity contribution < 1.29 is 33.0 Å². The fourth-order valence-electron chi connectivity index (χ4n) is 3.82. The summed E-state index contributed by atoms with van der Waals surface area (Å²) in [5, 5.41) is 24.5. The molecule has 9 nitrogen and oxygen atoms in total. The van der Waals surface area contributed by atoms with Crippen LogP contribution in [-0.2, 0) is 6.54 Å². The maximum absolute atomic E-state index is 13.8.